The molecule has 5 heteroatoms. The summed E-state index contributed by atoms with van der Waals surface area (Å²) in [4.78, 5) is 14.8. The number of carbonyl (C=O) groups is 1. The number of amides is 1. The van der Waals surface area contributed by atoms with Gasteiger partial charge in [-0.3, -0.25) is 9.89 Å². The minimum atomic E-state index is 0.00128. The van der Waals surface area contributed by atoms with Gasteiger partial charge in [-0.2, -0.15) is 5.10 Å². The molecule has 1 heterocycles. The first-order chi connectivity index (χ1) is 10.6. The van der Waals surface area contributed by atoms with Crippen molar-refractivity contribution in [3.05, 3.63) is 51.8 Å². The van der Waals surface area contributed by atoms with E-state index in [-0.39, 0.29) is 5.91 Å². The van der Waals surface area contributed by atoms with E-state index in [2.05, 4.69) is 52.1 Å². The fourth-order valence-corrected chi connectivity index (χ4v) is 3.34. The van der Waals surface area contributed by atoms with Crippen molar-refractivity contribution < 1.29 is 4.79 Å². The highest BCUT2D eigenvalue weighted by Gasteiger charge is 2.35. The molecule has 0 atom stereocenters. The summed E-state index contributed by atoms with van der Waals surface area (Å²) in [5.41, 5.74) is 2.61. The molecule has 3 rings (SSSR count). The molecule has 1 amide bonds. The summed E-state index contributed by atoms with van der Waals surface area (Å²) < 4.78 is 0.797. The molecule has 1 aliphatic rings. The van der Waals surface area contributed by atoms with E-state index >= 15 is 0 Å². The van der Waals surface area contributed by atoms with Crippen molar-refractivity contribution in [1.82, 2.24) is 15.1 Å². The van der Waals surface area contributed by atoms with E-state index in [9.17, 15) is 4.79 Å². The van der Waals surface area contributed by atoms with Gasteiger partial charge in [-0.15, -0.1) is 0 Å². The van der Waals surface area contributed by atoms with Crippen LogP contribution in [0.1, 0.15) is 54.4 Å². The lowest BCUT2D eigenvalue weighted by Gasteiger charge is -2.21. The Labute approximate surface area is 139 Å². The highest BCUT2D eigenvalue weighted by molar-refractivity contribution is 9.10. The maximum Gasteiger partial charge on any atom is 0.276 e. The van der Waals surface area contributed by atoms with Crippen LogP contribution in [-0.2, 0) is 6.54 Å². The smallest absolute Gasteiger partial charge is 0.276 e. The summed E-state index contributed by atoms with van der Waals surface area (Å²) in [6.07, 6.45) is 2.16. The van der Waals surface area contributed by atoms with Crippen molar-refractivity contribution in [2.75, 3.05) is 0 Å². The standard InChI is InChI=1S/C17H20BrN3O/c1-11(2)15-14(18)16(20-19-15)17(22)21(13-8-9-13)10-12-6-4-3-5-7-12/h3-7,11,13H,8-10H2,1-2H3,(H,19,20). The van der Waals surface area contributed by atoms with E-state index < -0.39 is 0 Å². The van der Waals surface area contributed by atoms with Gasteiger partial charge in [0.05, 0.1) is 10.2 Å². The highest BCUT2D eigenvalue weighted by atomic mass is 79.9. The first-order valence-corrected chi connectivity index (χ1v) is 8.46. The lowest BCUT2D eigenvalue weighted by Crippen LogP contribution is -2.33. The molecule has 1 aliphatic carbocycles. The largest absolute Gasteiger partial charge is 0.330 e. The highest BCUT2D eigenvalue weighted by Crippen LogP contribution is 2.32. The van der Waals surface area contributed by atoms with Gasteiger partial charge in [-0.05, 0) is 40.3 Å². The molecule has 1 aromatic heterocycles. The van der Waals surface area contributed by atoms with Gasteiger partial charge in [0.25, 0.3) is 5.91 Å². The Morgan fingerprint density at radius 2 is 2.05 bits per heavy atom. The normalized spacial score (nSPS) is 14.4. The van der Waals surface area contributed by atoms with E-state index in [1.54, 1.807) is 0 Å². The van der Waals surface area contributed by atoms with Crippen molar-refractivity contribution >= 4 is 21.8 Å². The fourth-order valence-electron chi connectivity index (χ4n) is 2.54. The number of hydrogen-bond donors (Lipinski definition) is 1. The molecule has 1 aromatic carbocycles. The summed E-state index contributed by atoms with van der Waals surface area (Å²) in [7, 11) is 0. The van der Waals surface area contributed by atoms with Crippen LogP contribution in [0.3, 0.4) is 0 Å². The Bertz CT molecular complexity index is 662. The molecule has 116 valence electrons. The van der Waals surface area contributed by atoms with Crippen molar-refractivity contribution in [2.24, 2.45) is 0 Å². The van der Waals surface area contributed by atoms with Crippen LogP contribution < -0.4 is 0 Å². The van der Waals surface area contributed by atoms with Crippen LogP contribution in [0.15, 0.2) is 34.8 Å². The van der Waals surface area contributed by atoms with Crippen LogP contribution >= 0.6 is 15.9 Å². The number of H-pyrrole nitrogens is 1. The first kappa shape index (κ1) is 15.3. The van der Waals surface area contributed by atoms with Gasteiger partial charge in [0.2, 0.25) is 0 Å². The SMILES string of the molecule is CC(C)c1[nH]nc(C(=O)N(Cc2ccccc2)C2CC2)c1Br. The van der Waals surface area contributed by atoms with Crippen LogP contribution in [0.2, 0.25) is 0 Å². The summed E-state index contributed by atoms with van der Waals surface area (Å²) in [5.74, 6) is 0.299. The third-order valence-corrected chi connectivity index (χ3v) is 4.76. The van der Waals surface area contributed by atoms with Crippen LogP contribution in [0.4, 0.5) is 0 Å². The molecule has 1 N–H and O–H groups in total. The van der Waals surface area contributed by atoms with E-state index in [1.165, 1.54) is 0 Å². The molecule has 4 nitrogen and oxygen atoms in total. The number of nitrogens with zero attached hydrogens (tertiary/aromatic N) is 2. The van der Waals surface area contributed by atoms with Gasteiger partial charge in [-0.25, -0.2) is 0 Å². The van der Waals surface area contributed by atoms with Gasteiger partial charge in [-0.1, -0.05) is 44.2 Å². The maximum atomic E-state index is 12.9. The molecule has 1 saturated carbocycles. The van der Waals surface area contributed by atoms with Crippen molar-refractivity contribution in [1.29, 1.82) is 0 Å². The molecule has 1 fully saturated rings. The third kappa shape index (κ3) is 3.09. The number of carbonyl (C=O) groups excluding carboxylic acids is 1. The molecule has 0 aliphatic heterocycles. The molecule has 22 heavy (non-hydrogen) atoms. The topological polar surface area (TPSA) is 49.0 Å². The monoisotopic (exact) mass is 361 g/mol. The number of aromatic nitrogens is 2. The molecule has 0 saturated heterocycles. The van der Waals surface area contributed by atoms with Gasteiger partial charge in [0.15, 0.2) is 5.69 Å². The predicted octanol–water partition coefficient (Wildman–Crippen LogP) is 4.10. The van der Waals surface area contributed by atoms with Crippen molar-refractivity contribution in [3.8, 4) is 0 Å². The average Bonchev–Trinajstić information content (AvgIpc) is 3.27. The second kappa shape index (κ2) is 6.24. The fraction of sp³-hybridized carbons (Fsp3) is 0.412. The molecule has 0 bridgehead atoms. The third-order valence-electron chi connectivity index (χ3n) is 3.96. The Morgan fingerprint density at radius 1 is 1.36 bits per heavy atom. The summed E-state index contributed by atoms with van der Waals surface area (Å²) in [6, 6.07) is 10.5. The number of benzene rings is 1. The average molecular weight is 362 g/mol. The van der Waals surface area contributed by atoms with E-state index in [4.69, 9.17) is 0 Å². The summed E-state index contributed by atoms with van der Waals surface area (Å²) in [6.45, 7) is 4.80. The minimum Gasteiger partial charge on any atom is -0.330 e. The zero-order valence-corrected chi connectivity index (χ0v) is 14.4. The van der Waals surface area contributed by atoms with Crippen LogP contribution in [0, 0.1) is 0 Å². The predicted molar refractivity (Wildman–Crippen MR) is 89.7 cm³/mol. The zero-order valence-electron chi connectivity index (χ0n) is 12.8. The van der Waals surface area contributed by atoms with E-state index in [0.29, 0.717) is 24.2 Å². The Kier molecular flexibility index (Phi) is 4.34. The van der Waals surface area contributed by atoms with Gasteiger partial charge >= 0.3 is 0 Å². The lowest BCUT2D eigenvalue weighted by atomic mass is 10.1. The molecule has 2 aromatic rings. The number of hydrogen-bond acceptors (Lipinski definition) is 2. The second-order valence-electron chi connectivity index (χ2n) is 6.10. The number of halogens is 1. The number of nitrogens with one attached hydrogen (secondary N) is 1. The summed E-state index contributed by atoms with van der Waals surface area (Å²) in [5, 5.41) is 7.23. The van der Waals surface area contributed by atoms with Gasteiger partial charge in [0.1, 0.15) is 0 Å². The zero-order chi connectivity index (χ0) is 15.7. The number of aromatic amines is 1. The van der Waals surface area contributed by atoms with E-state index in [0.717, 1.165) is 28.6 Å². The Hall–Kier alpha value is -1.62. The molecular formula is C17H20BrN3O. The second-order valence-corrected chi connectivity index (χ2v) is 6.90. The molecule has 0 unspecified atom stereocenters. The lowest BCUT2D eigenvalue weighted by molar-refractivity contribution is 0.0723. The maximum absolute atomic E-state index is 12.9. The first-order valence-electron chi connectivity index (χ1n) is 7.66. The van der Waals surface area contributed by atoms with Crippen LogP contribution in [-0.4, -0.2) is 27.0 Å². The van der Waals surface area contributed by atoms with Crippen molar-refractivity contribution in [2.45, 2.75) is 45.2 Å². The molecular weight excluding hydrogens is 342 g/mol. The van der Waals surface area contributed by atoms with Crippen molar-refractivity contribution in [3.63, 3.8) is 0 Å². The van der Waals surface area contributed by atoms with Gasteiger partial charge in [0, 0.05) is 12.6 Å². The summed E-state index contributed by atoms with van der Waals surface area (Å²) >= 11 is 3.53. The van der Waals surface area contributed by atoms with E-state index in [1.807, 2.05) is 23.1 Å². The molecule has 0 spiro atoms. The molecule has 0 radical (unpaired) electrons. The number of rotatable bonds is 5. The quantitative estimate of drug-likeness (QED) is 0.871. The Balaban J connectivity index is 1.84. The minimum absolute atomic E-state index is 0.00128. The Morgan fingerprint density at radius 3 is 2.59 bits per heavy atom. The van der Waals surface area contributed by atoms with Crippen LogP contribution in [0.25, 0.3) is 0 Å². The van der Waals surface area contributed by atoms with Gasteiger partial charge < -0.3 is 4.90 Å². The van der Waals surface area contributed by atoms with Crippen LogP contribution in [0.5, 0.6) is 0 Å².